The first kappa shape index (κ1) is 13.3. The van der Waals surface area contributed by atoms with Gasteiger partial charge in [-0.1, -0.05) is 49.2 Å². The first-order valence-electron chi connectivity index (χ1n) is 7.58. The molecule has 0 spiro atoms. The minimum Gasteiger partial charge on any atom is -0.314 e. The molecule has 0 bridgehead atoms. The van der Waals surface area contributed by atoms with Crippen LogP contribution in [0.15, 0.2) is 42.5 Å². The zero-order valence-corrected chi connectivity index (χ0v) is 11.8. The minimum absolute atomic E-state index is 0.259. The van der Waals surface area contributed by atoms with Gasteiger partial charge in [-0.3, -0.25) is 4.79 Å². The summed E-state index contributed by atoms with van der Waals surface area (Å²) < 4.78 is 0. The van der Waals surface area contributed by atoms with Crippen LogP contribution in [0.4, 0.5) is 0 Å². The third-order valence-corrected chi connectivity index (χ3v) is 4.17. The largest absolute Gasteiger partial charge is 0.314 e. The molecular formula is C18H21NO. The molecule has 1 atom stereocenters. The topological polar surface area (TPSA) is 29.1 Å². The number of benzene rings is 2. The predicted octanol–water partition coefficient (Wildman–Crippen LogP) is 3.94. The van der Waals surface area contributed by atoms with Crippen molar-refractivity contribution in [1.82, 2.24) is 5.32 Å². The first-order chi connectivity index (χ1) is 9.83. The Morgan fingerprint density at radius 2 is 1.90 bits per heavy atom. The summed E-state index contributed by atoms with van der Waals surface area (Å²) in [5.41, 5.74) is 0.842. The zero-order valence-electron chi connectivity index (χ0n) is 11.8. The highest BCUT2D eigenvalue weighted by atomic mass is 16.1. The van der Waals surface area contributed by atoms with Crippen LogP contribution in [0.2, 0.25) is 0 Å². The molecule has 2 aromatic rings. The Kier molecular flexibility index (Phi) is 4.12. The van der Waals surface area contributed by atoms with Crippen LogP contribution >= 0.6 is 0 Å². The smallest absolute Gasteiger partial charge is 0.164 e. The lowest BCUT2D eigenvalue weighted by molar-refractivity contribution is 0.0968. The van der Waals surface area contributed by atoms with Crippen LogP contribution in [0.25, 0.3) is 10.8 Å². The molecule has 2 nitrogen and oxygen atoms in total. The summed E-state index contributed by atoms with van der Waals surface area (Å²) in [5, 5.41) is 5.84. The quantitative estimate of drug-likeness (QED) is 0.853. The second-order valence-electron chi connectivity index (χ2n) is 5.69. The van der Waals surface area contributed by atoms with Crippen molar-refractivity contribution >= 4 is 16.6 Å². The van der Waals surface area contributed by atoms with Gasteiger partial charge in [-0.05, 0) is 36.2 Å². The molecule has 1 aliphatic heterocycles. The molecule has 20 heavy (non-hydrogen) atoms. The van der Waals surface area contributed by atoms with Crippen LogP contribution in [0.3, 0.4) is 0 Å². The molecule has 1 unspecified atom stereocenters. The Morgan fingerprint density at radius 3 is 2.80 bits per heavy atom. The number of hydrogen-bond donors (Lipinski definition) is 1. The number of nitrogens with one attached hydrogen (secondary N) is 1. The molecule has 0 amide bonds. The monoisotopic (exact) mass is 267 g/mol. The Bertz CT molecular complexity index is 597. The van der Waals surface area contributed by atoms with E-state index in [-0.39, 0.29) is 5.78 Å². The van der Waals surface area contributed by atoms with Crippen LogP contribution in [-0.2, 0) is 0 Å². The maximum Gasteiger partial charge on any atom is 0.164 e. The fourth-order valence-electron chi connectivity index (χ4n) is 2.98. The Labute approximate surface area is 120 Å². The number of carbonyl (C=O) groups excluding carboxylic acids is 1. The number of carbonyl (C=O) groups is 1. The lowest BCUT2D eigenvalue weighted by Crippen LogP contribution is -2.30. The molecule has 1 aliphatic rings. The molecule has 104 valence electrons. The van der Waals surface area contributed by atoms with Crippen molar-refractivity contribution in [1.29, 1.82) is 0 Å². The van der Waals surface area contributed by atoms with Gasteiger partial charge in [0.05, 0.1) is 0 Å². The summed E-state index contributed by atoms with van der Waals surface area (Å²) in [6, 6.07) is 14.6. The second-order valence-corrected chi connectivity index (χ2v) is 5.69. The van der Waals surface area contributed by atoms with E-state index in [1.54, 1.807) is 0 Å². The van der Waals surface area contributed by atoms with Crippen LogP contribution in [-0.4, -0.2) is 18.4 Å². The van der Waals surface area contributed by atoms with E-state index in [1.165, 1.54) is 24.6 Å². The molecular weight excluding hydrogens is 246 g/mol. The van der Waals surface area contributed by atoms with Crippen molar-refractivity contribution < 1.29 is 4.79 Å². The molecule has 1 heterocycles. The van der Waals surface area contributed by atoms with Gasteiger partial charge in [-0.15, -0.1) is 0 Å². The van der Waals surface area contributed by atoms with Crippen LogP contribution in [0, 0.1) is 0 Å². The molecule has 2 aromatic carbocycles. The molecule has 1 fully saturated rings. The van der Waals surface area contributed by atoms with E-state index in [0.717, 1.165) is 23.9 Å². The Hall–Kier alpha value is -1.67. The maximum atomic E-state index is 12.4. The maximum absolute atomic E-state index is 12.4. The van der Waals surface area contributed by atoms with Crippen molar-refractivity contribution in [3.05, 3.63) is 48.0 Å². The van der Waals surface area contributed by atoms with E-state index >= 15 is 0 Å². The van der Waals surface area contributed by atoms with Crippen LogP contribution in [0.5, 0.6) is 0 Å². The van der Waals surface area contributed by atoms with E-state index in [9.17, 15) is 4.79 Å². The highest BCUT2D eigenvalue weighted by Crippen LogP contribution is 2.18. The molecule has 0 aromatic heterocycles. The van der Waals surface area contributed by atoms with Crippen LogP contribution < -0.4 is 5.32 Å². The fraction of sp³-hybridized carbons (Fsp3) is 0.389. The standard InChI is InChI=1S/C18H21NO/c20-18(13-17-8-2-1-5-11-19-17)16-10-9-14-6-3-4-7-15(14)12-16/h3-4,6-7,9-10,12,17,19H,1-2,5,8,11,13H2. The highest BCUT2D eigenvalue weighted by molar-refractivity contribution is 6.00. The number of Topliss-reactive ketones (excluding diaryl/α,β-unsaturated/α-hetero) is 1. The van der Waals surface area contributed by atoms with Gasteiger partial charge in [0.1, 0.15) is 0 Å². The third-order valence-electron chi connectivity index (χ3n) is 4.17. The van der Waals surface area contributed by atoms with Gasteiger partial charge in [-0.2, -0.15) is 0 Å². The normalized spacial score (nSPS) is 19.7. The summed E-state index contributed by atoms with van der Waals surface area (Å²) in [7, 11) is 0. The average molecular weight is 267 g/mol. The van der Waals surface area contributed by atoms with Crippen molar-refractivity contribution in [2.75, 3.05) is 6.54 Å². The van der Waals surface area contributed by atoms with Gasteiger partial charge in [0.15, 0.2) is 5.78 Å². The molecule has 3 rings (SSSR count). The van der Waals surface area contributed by atoms with Gasteiger partial charge >= 0.3 is 0 Å². The van der Waals surface area contributed by atoms with Crippen molar-refractivity contribution in [3.8, 4) is 0 Å². The molecule has 0 saturated carbocycles. The zero-order chi connectivity index (χ0) is 13.8. The van der Waals surface area contributed by atoms with E-state index in [1.807, 2.05) is 30.3 Å². The Balaban J connectivity index is 1.74. The minimum atomic E-state index is 0.259. The highest BCUT2D eigenvalue weighted by Gasteiger charge is 2.16. The predicted molar refractivity (Wildman–Crippen MR) is 83.2 cm³/mol. The Morgan fingerprint density at radius 1 is 1.05 bits per heavy atom. The molecule has 0 radical (unpaired) electrons. The second kappa shape index (κ2) is 6.19. The van der Waals surface area contributed by atoms with Crippen LogP contribution in [0.1, 0.15) is 42.5 Å². The van der Waals surface area contributed by atoms with Gasteiger partial charge in [-0.25, -0.2) is 0 Å². The van der Waals surface area contributed by atoms with E-state index in [0.29, 0.717) is 12.5 Å². The number of hydrogen-bond acceptors (Lipinski definition) is 2. The first-order valence-corrected chi connectivity index (χ1v) is 7.58. The van der Waals surface area contributed by atoms with Crippen molar-refractivity contribution in [2.45, 2.75) is 38.1 Å². The lowest BCUT2D eigenvalue weighted by atomic mass is 9.98. The summed E-state index contributed by atoms with van der Waals surface area (Å²) in [6.07, 6.45) is 5.51. The SMILES string of the molecule is O=C(CC1CCCCCN1)c1ccc2ccccc2c1. The number of ketones is 1. The van der Waals surface area contributed by atoms with Crippen molar-refractivity contribution in [3.63, 3.8) is 0 Å². The van der Waals surface area contributed by atoms with Crippen molar-refractivity contribution in [2.24, 2.45) is 0 Å². The van der Waals surface area contributed by atoms with E-state index < -0.39 is 0 Å². The number of rotatable bonds is 3. The van der Waals surface area contributed by atoms with Gasteiger partial charge < -0.3 is 5.32 Å². The van der Waals surface area contributed by atoms with Gasteiger partial charge in [0.25, 0.3) is 0 Å². The van der Waals surface area contributed by atoms with E-state index in [2.05, 4.69) is 17.4 Å². The van der Waals surface area contributed by atoms with E-state index in [4.69, 9.17) is 0 Å². The lowest BCUT2D eigenvalue weighted by Gasteiger charge is -2.14. The molecule has 1 N–H and O–H groups in total. The van der Waals surface area contributed by atoms with Gasteiger partial charge in [0, 0.05) is 18.0 Å². The summed E-state index contributed by atoms with van der Waals surface area (Å²) in [6.45, 7) is 1.05. The fourth-order valence-corrected chi connectivity index (χ4v) is 2.98. The summed E-state index contributed by atoms with van der Waals surface area (Å²) in [5.74, 6) is 0.259. The average Bonchev–Trinajstić information content (AvgIpc) is 2.75. The number of fused-ring (bicyclic) bond motifs is 1. The molecule has 2 heteroatoms. The molecule has 0 aliphatic carbocycles. The molecule has 1 saturated heterocycles. The summed E-state index contributed by atoms with van der Waals surface area (Å²) >= 11 is 0. The van der Waals surface area contributed by atoms with Gasteiger partial charge in [0.2, 0.25) is 0 Å². The summed E-state index contributed by atoms with van der Waals surface area (Å²) in [4.78, 5) is 12.4. The third kappa shape index (κ3) is 3.07.